The van der Waals surface area contributed by atoms with Gasteiger partial charge in [0.15, 0.2) is 0 Å². The smallest absolute Gasteiger partial charge is 0.0462 e. The van der Waals surface area contributed by atoms with Crippen molar-refractivity contribution in [3.05, 3.63) is 53.5 Å². The predicted molar refractivity (Wildman–Crippen MR) is 101 cm³/mol. The highest BCUT2D eigenvalue weighted by atomic mass is 15.1. The lowest BCUT2D eigenvalue weighted by Crippen LogP contribution is -2.25. The number of aryl methyl sites for hydroxylation is 3. The molecule has 126 valence electrons. The predicted octanol–water partition coefficient (Wildman–Crippen LogP) is 4.60. The van der Waals surface area contributed by atoms with Gasteiger partial charge in [0.1, 0.15) is 0 Å². The number of nitrogens with one attached hydrogen (secondary N) is 1. The summed E-state index contributed by atoms with van der Waals surface area (Å²) in [5, 5.41) is 1.38. The van der Waals surface area contributed by atoms with Crippen molar-refractivity contribution in [3.8, 4) is 5.69 Å². The lowest BCUT2D eigenvalue weighted by Gasteiger charge is -2.18. The van der Waals surface area contributed by atoms with Gasteiger partial charge in [0.2, 0.25) is 0 Å². The van der Waals surface area contributed by atoms with Gasteiger partial charge in [0.05, 0.1) is 0 Å². The van der Waals surface area contributed by atoms with Crippen molar-refractivity contribution in [2.45, 2.75) is 45.6 Å². The van der Waals surface area contributed by atoms with Crippen molar-refractivity contribution < 1.29 is 0 Å². The second-order valence-electron chi connectivity index (χ2n) is 7.31. The highest BCUT2D eigenvalue weighted by Gasteiger charge is 2.20. The van der Waals surface area contributed by atoms with Crippen LogP contribution in [0.3, 0.4) is 0 Å². The lowest BCUT2D eigenvalue weighted by molar-refractivity contribution is 0.297. The molecule has 24 heavy (non-hydrogen) atoms. The molecule has 0 aliphatic carbocycles. The van der Waals surface area contributed by atoms with Crippen molar-refractivity contribution in [3.63, 3.8) is 0 Å². The maximum Gasteiger partial charge on any atom is 0.0462 e. The Labute approximate surface area is 144 Å². The van der Waals surface area contributed by atoms with Crippen LogP contribution in [-0.2, 0) is 6.42 Å². The Balaban J connectivity index is 1.64. The average Bonchev–Trinajstić information content (AvgIpc) is 3.25. The van der Waals surface area contributed by atoms with Gasteiger partial charge in [-0.2, -0.15) is 0 Å². The first-order valence-electron chi connectivity index (χ1n) is 9.09. The Bertz CT molecular complexity index is 836. The fourth-order valence-electron chi connectivity index (χ4n) is 4.25. The second-order valence-corrected chi connectivity index (χ2v) is 7.31. The number of hydrogen-bond acceptors (Lipinski definition) is 1. The zero-order chi connectivity index (χ0) is 16.7. The van der Waals surface area contributed by atoms with Crippen molar-refractivity contribution in [1.29, 1.82) is 0 Å². The summed E-state index contributed by atoms with van der Waals surface area (Å²) in [4.78, 5) is 5.97. The SMILES string of the molecule is Cc1ccc(C)n1-c1ccc2[nH]cc(CC[C@@H]3CCCN3C)c2c1. The van der Waals surface area contributed by atoms with Crippen LogP contribution in [-0.4, -0.2) is 34.1 Å². The summed E-state index contributed by atoms with van der Waals surface area (Å²) in [6.45, 7) is 5.60. The number of H-pyrrole nitrogens is 1. The van der Waals surface area contributed by atoms with E-state index in [0.717, 1.165) is 12.5 Å². The average molecular weight is 321 g/mol. The Kier molecular flexibility index (Phi) is 3.97. The third kappa shape index (κ3) is 2.67. The molecule has 1 saturated heterocycles. The van der Waals surface area contributed by atoms with E-state index in [2.05, 4.69) is 71.9 Å². The Hall–Kier alpha value is -2.00. The van der Waals surface area contributed by atoms with Gasteiger partial charge >= 0.3 is 0 Å². The van der Waals surface area contributed by atoms with Gasteiger partial charge < -0.3 is 14.5 Å². The van der Waals surface area contributed by atoms with Gasteiger partial charge in [-0.1, -0.05) is 0 Å². The molecule has 1 atom stereocenters. The van der Waals surface area contributed by atoms with Crippen LogP contribution in [0.5, 0.6) is 0 Å². The van der Waals surface area contributed by atoms with Gasteiger partial charge in [0, 0.05) is 40.2 Å². The van der Waals surface area contributed by atoms with Crippen molar-refractivity contribution in [1.82, 2.24) is 14.5 Å². The monoisotopic (exact) mass is 321 g/mol. The first-order chi connectivity index (χ1) is 11.6. The summed E-state index contributed by atoms with van der Waals surface area (Å²) in [6, 6.07) is 11.9. The summed E-state index contributed by atoms with van der Waals surface area (Å²) >= 11 is 0. The van der Waals surface area contributed by atoms with E-state index in [4.69, 9.17) is 0 Å². The topological polar surface area (TPSA) is 24.0 Å². The summed E-state index contributed by atoms with van der Waals surface area (Å²) in [7, 11) is 2.27. The maximum absolute atomic E-state index is 3.45. The molecular formula is C21H27N3. The molecule has 0 bridgehead atoms. The summed E-state index contributed by atoms with van der Waals surface area (Å²) in [5.41, 5.74) is 6.54. The van der Waals surface area contributed by atoms with Crippen molar-refractivity contribution >= 4 is 10.9 Å². The molecule has 1 aliphatic rings. The minimum absolute atomic E-state index is 0.757. The standard InChI is InChI=1S/C21H27N3/c1-15-6-7-16(2)24(15)19-10-11-21-20(13-19)17(14-22-21)8-9-18-5-4-12-23(18)3/h6-7,10-11,13-14,18,22H,4-5,8-9,12H2,1-3H3/t18-/m0/s1. The molecule has 1 aromatic carbocycles. The van der Waals surface area contributed by atoms with Gasteiger partial charge in [-0.25, -0.2) is 0 Å². The van der Waals surface area contributed by atoms with Gasteiger partial charge in [-0.3, -0.25) is 0 Å². The number of fused-ring (bicyclic) bond motifs is 1. The molecule has 3 heteroatoms. The number of nitrogens with zero attached hydrogens (tertiary/aromatic N) is 2. The van der Waals surface area contributed by atoms with Crippen LogP contribution in [0.2, 0.25) is 0 Å². The highest BCUT2D eigenvalue weighted by molar-refractivity contribution is 5.85. The molecule has 0 amide bonds. The molecule has 1 aliphatic heterocycles. The molecule has 3 nitrogen and oxygen atoms in total. The van der Waals surface area contributed by atoms with Crippen LogP contribution < -0.4 is 0 Å². The molecule has 0 spiro atoms. The first kappa shape index (κ1) is 15.5. The number of rotatable bonds is 4. The molecule has 0 radical (unpaired) electrons. The molecule has 3 aromatic rings. The van der Waals surface area contributed by atoms with E-state index < -0.39 is 0 Å². The largest absolute Gasteiger partial charge is 0.361 e. The number of likely N-dealkylation sites (tertiary alicyclic amines) is 1. The highest BCUT2D eigenvalue weighted by Crippen LogP contribution is 2.27. The normalized spacial score (nSPS) is 18.7. The minimum atomic E-state index is 0.757. The van der Waals surface area contributed by atoms with Gasteiger partial charge in [0.25, 0.3) is 0 Å². The Morgan fingerprint density at radius 2 is 1.92 bits per heavy atom. The molecule has 0 unspecified atom stereocenters. The van der Waals surface area contributed by atoms with Crippen LogP contribution >= 0.6 is 0 Å². The maximum atomic E-state index is 3.45. The number of aromatic nitrogens is 2. The Morgan fingerprint density at radius 1 is 1.12 bits per heavy atom. The molecule has 4 rings (SSSR count). The van der Waals surface area contributed by atoms with Gasteiger partial charge in [-0.05, 0) is 89.0 Å². The van der Waals surface area contributed by atoms with Crippen molar-refractivity contribution in [2.24, 2.45) is 0 Å². The van der Waals surface area contributed by atoms with Crippen LogP contribution in [0.15, 0.2) is 36.5 Å². The van der Waals surface area contributed by atoms with E-state index in [1.165, 1.54) is 59.3 Å². The fourth-order valence-corrected chi connectivity index (χ4v) is 4.25. The van der Waals surface area contributed by atoms with Crippen LogP contribution in [0.1, 0.15) is 36.2 Å². The Morgan fingerprint density at radius 3 is 2.62 bits per heavy atom. The lowest BCUT2D eigenvalue weighted by atomic mass is 10.0. The van der Waals surface area contributed by atoms with Gasteiger partial charge in [-0.15, -0.1) is 0 Å². The molecular weight excluding hydrogens is 294 g/mol. The molecule has 0 saturated carbocycles. The zero-order valence-corrected chi connectivity index (χ0v) is 15.0. The molecule has 1 N–H and O–H groups in total. The molecule has 1 fully saturated rings. The summed E-state index contributed by atoms with van der Waals surface area (Å²) < 4.78 is 2.33. The second kappa shape index (κ2) is 6.14. The third-order valence-electron chi connectivity index (χ3n) is 5.70. The quantitative estimate of drug-likeness (QED) is 0.746. The van der Waals surface area contributed by atoms with Crippen LogP contribution in [0.4, 0.5) is 0 Å². The molecule has 2 aromatic heterocycles. The van der Waals surface area contributed by atoms with E-state index in [1.54, 1.807) is 0 Å². The summed E-state index contributed by atoms with van der Waals surface area (Å²) in [6.07, 6.45) is 7.33. The van der Waals surface area contributed by atoms with E-state index >= 15 is 0 Å². The van der Waals surface area contributed by atoms with E-state index in [-0.39, 0.29) is 0 Å². The van der Waals surface area contributed by atoms with E-state index in [0.29, 0.717) is 0 Å². The zero-order valence-electron chi connectivity index (χ0n) is 15.0. The fraction of sp³-hybridized carbons (Fsp3) is 0.429. The number of aromatic amines is 1. The summed E-state index contributed by atoms with van der Waals surface area (Å²) in [5.74, 6) is 0. The number of benzene rings is 1. The molecule has 3 heterocycles. The minimum Gasteiger partial charge on any atom is -0.361 e. The van der Waals surface area contributed by atoms with Crippen LogP contribution in [0, 0.1) is 13.8 Å². The van der Waals surface area contributed by atoms with E-state index in [9.17, 15) is 0 Å². The van der Waals surface area contributed by atoms with Crippen LogP contribution in [0.25, 0.3) is 16.6 Å². The van der Waals surface area contributed by atoms with Crippen molar-refractivity contribution in [2.75, 3.05) is 13.6 Å². The third-order valence-corrected chi connectivity index (χ3v) is 5.70. The first-order valence-corrected chi connectivity index (χ1v) is 9.09. The number of hydrogen-bond donors (Lipinski definition) is 1. The van der Waals surface area contributed by atoms with E-state index in [1.807, 2.05) is 0 Å².